The van der Waals surface area contributed by atoms with Gasteiger partial charge in [-0.15, -0.1) is 11.3 Å². The van der Waals surface area contributed by atoms with E-state index >= 15 is 0 Å². The molecule has 3 aromatic rings. The molecular weight excluding hydrogens is 391 g/mol. The third kappa shape index (κ3) is 3.93. The molecule has 1 fully saturated rings. The van der Waals surface area contributed by atoms with Crippen LogP contribution in [0.2, 0.25) is 0 Å². The van der Waals surface area contributed by atoms with Crippen LogP contribution in [0.25, 0.3) is 11.3 Å². The maximum absolute atomic E-state index is 13.8. The maximum atomic E-state index is 13.8. The Morgan fingerprint density at radius 2 is 2.22 bits per heavy atom. The first kappa shape index (κ1) is 18.2. The van der Waals surface area contributed by atoms with Crippen molar-refractivity contribution >= 4 is 21.4 Å². The fourth-order valence-corrected chi connectivity index (χ4v) is 4.57. The molecule has 1 aliphatic heterocycles. The highest BCUT2D eigenvalue weighted by molar-refractivity contribution is 7.89. The van der Waals surface area contributed by atoms with Gasteiger partial charge in [0.2, 0.25) is 10.0 Å². The number of hydrogen-bond donors (Lipinski definition) is 1. The summed E-state index contributed by atoms with van der Waals surface area (Å²) in [5.41, 5.74) is 0.879. The van der Waals surface area contributed by atoms with E-state index in [1.165, 1.54) is 29.8 Å². The van der Waals surface area contributed by atoms with Gasteiger partial charge in [-0.1, -0.05) is 12.1 Å². The highest BCUT2D eigenvalue weighted by atomic mass is 32.2. The van der Waals surface area contributed by atoms with Crippen molar-refractivity contribution in [2.24, 2.45) is 0 Å². The average molecular weight is 408 g/mol. The van der Waals surface area contributed by atoms with Gasteiger partial charge in [-0.3, -0.25) is 4.68 Å². The quantitative estimate of drug-likeness (QED) is 0.678. The Bertz CT molecular complexity index is 1040. The Kier molecular flexibility index (Phi) is 5.04. The summed E-state index contributed by atoms with van der Waals surface area (Å²) in [5, 5.41) is 6.39. The molecule has 2 aromatic heterocycles. The lowest BCUT2D eigenvalue weighted by Gasteiger charge is -2.07. The summed E-state index contributed by atoms with van der Waals surface area (Å²) in [4.78, 5) is 4.42. The van der Waals surface area contributed by atoms with Crippen molar-refractivity contribution < 1.29 is 17.5 Å². The van der Waals surface area contributed by atoms with E-state index in [4.69, 9.17) is 4.74 Å². The Hall–Kier alpha value is -2.14. The standard InChI is InChI=1S/C17H17FN4O3S2/c18-15-4-2-1-3-14(15)16-11-26-17(21-16)8-20-27(23,24)13-7-19-22(9-13)12-5-6-25-10-12/h1-4,7,9,11-12,20H,5-6,8,10H2. The first-order valence-electron chi connectivity index (χ1n) is 8.34. The molecule has 1 unspecified atom stereocenters. The number of benzene rings is 1. The number of ether oxygens (including phenoxy) is 1. The van der Waals surface area contributed by atoms with Gasteiger partial charge in [-0.05, 0) is 18.6 Å². The van der Waals surface area contributed by atoms with E-state index < -0.39 is 10.0 Å². The first-order valence-corrected chi connectivity index (χ1v) is 10.7. The summed E-state index contributed by atoms with van der Waals surface area (Å²) < 4.78 is 48.3. The van der Waals surface area contributed by atoms with Gasteiger partial charge in [-0.2, -0.15) is 5.10 Å². The lowest BCUT2D eigenvalue weighted by atomic mass is 10.2. The van der Waals surface area contributed by atoms with Crippen molar-refractivity contribution in [3.63, 3.8) is 0 Å². The van der Waals surface area contributed by atoms with Crippen LogP contribution in [0.5, 0.6) is 0 Å². The number of rotatable bonds is 6. The third-order valence-electron chi connectivity index (χ3n) is 4.28. The van der Waals surface area contributed by atoms with Crippen molar-refractivity contribution in [2.75, 3.05) is 13.2 Å². The molecule has 27 heavy (non-hydrogen) atoms. The fourth-order valence-electron chi connectivity index (χ4n) is 2.81. The fraction of sp³-hybridized carbons (Fsp3) is 0.294. The zero-order chi connectivity index (χ0) is 18.9. The Morgan fingerprint density at radius 3 is 3.00 bits per heavy atom. The van der Waals surface area contributed by atoms with Gasteiger partial charge < -0.3 is 4.74 Å². The van der Waals surface area contributed by atoms with E-state index in [1.807, 2.05) is 0 Å². The molecule has 0 bridgehead atoms. The molecule has 142 valence electrons. The normalized spacial score (nSPS) is 17.4. The van der Waals surface area contributed by atoms with Crippen LogP contribution < -0.4 is 4.72 Å². The molecule has 10 heteroatoms. The van der Waals surface area contributed by atoms with Gasteiger partial charge in [-0.25, -0.2) is 22.5 Å². The van der Waals surface area contributed by atoms with E-state index in [0.29, 0.717) is 29.5 Å². The minimum Gasteiger partial charge on any atom is -0.379 e. The topological polar surface area (TPSA) is 86.1 Å². The molecule has 3 heterocycles. The number of nitrogens with zero attached hydrogens (tertiary/aromatic N) is 3. The summed E-state index contributed by atoms with van der Waals surface area (Å²) in [7, 11) is -3.71. The second-order valence-electron chi connectivity index (χ2n) is 6.10. The van der Waals surface area contributed by atoms with Gasteiger partial charge >= 0.3 is 0 Å². The van der Waals surface area contributed by atoms with Crippen molar-refractivity contribution in [1.29, 1.82) is 0 Å². The molecule has 1 N–H and O–H groups in total. The first-order chi connectivity index (χ1) is 13.0. The molecular formula is C17H17FN4O3S2. The zero-order valence-electron chi connectivity index (χ0n) is 14.2. The number of halogens is 1. The Balaban J connectivity index is 1.44. The van der Waals surface area contributed by atoms with E-state index in [9.17, 15) is 12.8 Å². The van der Waals surface area contributed by atoms with Crippen LogP contribution >= 0.6 is 11.3 Å². The van der Waals surface area contributed by atoms with Crippen molar-refractivity contribution in [2.45, 2.75) is 23.9 Å². The van der Waals surface area contributed by atoms with Crippen molar-refractivity contribution in [3.8, 4) is 11.3 Å². The Morgan fingerprint density at radius 1 is 1.37 bits per heavy atom. The summed E-state index contributed by atoms with van der Waals surface area (Å²) in [6.45, 7) is 1.21. The lowest BCUT2D eigenvalue weighted by Crippen LogP contribution is -2.23. The lowest BCUT2D eigenvalue weighted by molar-refractivity contribution is 0.184. The molecule has 1 aliphatic rings. The molecule has 0 radical (unpaired) electrons. The smallest absolute Gasteiger partial charge is 0.244 e. The van der Waals surface area contributed by atoms with Gasteiger partial charge in [0.05, 0.1) is 31.1 Å². The van der Waals surface area contributed by atoms with Crippen LogP contribution in [0, 0.1) is 5.82 Å². The van der Waals surface area contributed by atoms with E-state index in [1.54, 1.807) is 28.3 Å². The predicted molar refractivity (Wildman–Crippen MR) is 98.2 cm³/mol. The minimum atomic E-state index is -3.71. The van der Waals surface area contributed by atoms with Gasteiger partial charge in [0.15, 0.2) is 0 Å². The highest BCUT2D eigenvalue weighted by Crippen LogP contribution is 2.25. The SMILES string of the molecule is O=S(=O)(NCc1nc(-c2ccccc2F)cs1)c1cnn(C2CCOC2)c1. The summed E-state index contributed by atoms with van der Waals surface area (Å²) in [6, 6.07) is 6.41. The molecule has 0 spiro atoms. The van der Waals surface area contributed by atoms with Crippen LogP contribution in [0.1, 0.15) is 17.5 Å². The molecule has 4 rings (SSSR count). The van der Waals surface area contributed by atoms with Crippen LogP contribution in [0.15, 0.2) is 46.9 Å². The van der Waals surface area contributed by atoms with Gasteiger partial charge in [0.1, 0.15) is 15.7 Å². The summed E-state index contributed by atoms with van der Waals surface area (Å²) >= 11 is 1.27. The van der Waals surface area contributed by atoms with Crippen molar-refractivity contribution in [3.05, 3.63) is 52.9 Å². The van der Waals surface area contributed by atoms with Crippen LogP contribution in [-0.2, 0) is 21.3 Å². The summed E-state index contributed by atoms with van der Waals surface area (Å²) in [6.07, 6.45) is 3.65. The zero-order valence-corrected chi connectivity index (χ0v) is 15.8. The van der Waals surface area contributed by atoms with E-state index in [-0.39, 0.29) is 23.3 Å². The van der Waals surface area contributed by atoms with Crippen LogP contribution in [0.4, 0.5) is 4.39 Å². The molecule has 1 saturated heterocycles. The van der Waals surface area contributed by atoms with Crippen molar-refractivity contribution in [1.82, 2.24) is 19.5 Å². The van der Waals surface area contributed by atoms with E-state index in [0.717, 1.165) is 6.42 Å². The van der Waals surface area contributed by atoms with Gasteiger partial charge in [0.25, 0.3) is 0 Å². The van der Waals surface area contributed by atoms with Crippen LogP contribution in [-0.4, -0.2) is 36.4 Å². The average Bonchev–Trinajstić information content (AvgIpc) is 3.41. The van der Waals surface area contributed by atoms with E-state index in [2.05, 4.69) is 14.8 Å². The Labute approximate surface area is 159 Å². The molecule has 0 saturated carbocycles. The molecule has 0 aliphatic carbocycles. The van der Waals surface area contributed by atoms with Gasteiger partial charge in [0, 0.05) is 23.7 Å². The second kappa shape index (κ2) is 7.47. The largest absolute Gasteiger partial charge is 0.379 e. The summed E-state index contributed by atoms with van der Waals surface area (Å²) in [5.74, 6) is -0.363. The maximum Gasteiger partial charge on any atom is 0.244 e. The molecule has 7 nitrogen and oxygen atoms in total. The number of hydrogen-bond acceptors (Lipinski definition) is 6. The highest BCUT2D eigenvalue weighted by Gasteiger charge is 2.22. The third-order valence-corrected chi connectivity index (χ3v) is 6.49. The predicted octanol–water partition coefficient (Wildman–Crippen LogP) is 2.59. The number of nitrogens with one attached hydrogen (secondary N) is 1. The monoisotopic (exact) mass is 408 g/mol. The molecule has 1 aromatic carbocycles. The number of aromatic nitrogens is 3. The molecule has 1 atom stereocenters. The van der Waals surface area contributed by atoms with Crippen LogP contribution in [0.3, 0.4) is 0 Å². The minimum absolute atomic E-state index is 0.0270. The number of sulfonamides is 1. The number of thiazole rings is 1. The molecule has 0 amide bonds. The second-order valence-corrected chi connectivity index (χ2v) is 8.81.